The Bertz CT molecular complexity index is 1050. The van der Waals surface area contributed by atoms with Crippen LogP contribution >= 0.6 is 0 Å². The number of amides is 3. The molecular formula is C23H31N5O4S. The average Bonchev–Trinajstić information content (AvgIpc) is 2.82. The third-order valence-corrected chi connectivity index (χ3v) is 7.58. The SMILES string of the molecule is CCN(CC)S(=O)(=O)c1ccc(CNC(=O)NCc2ccc(N3CCNC(=O)C3)cc2)cc1. The third-order valence-electron chi connectivity index (χ3n) is 5.51. The number of urea groups is 1. The summed E-state index contributed by atoms with van der Waals surface area (Å²) in [4.78, 5) is 25.9. The van der Waals surface area contributed by atoms with Crippen molar-refractivity contribution >= 4 is 27.6 Å². The lowest BCUT2D eigenvalue weighted by atomic mass is 10.2. The summed E-state index contributed by atoms with van der Waals surface area (Å²) in [6.07, 6.45) is 0. The molecule has 0 saturated carbocycles. The van der Waals surface area contributed by atoms with Crippen LogP contribution in [0.3, 0.4) is 0 Å². The van der Waals surface area contributed by atoms with E-state index < -0.39 is 10.0 Å². The van der Waals surface area contributed by atoms with Crippen LogP contribution in [0.2, 0.25) is 0 Å². The number of piperazine rings is 1. The third kappa shape index (κ3) is 6.45. The molecule has 1 aliphatic heterocycles. The van der Waals surface area contributed by atoms with Gasteiger partial charge in [-0.05, 0) is 35.4 Å². The molecular weight excluding hydrogens is 442 g/mol. The molecule has 0 unspecified atom stereocenters. The van der Waals surface area contributed by atoms with Gasteiger partial charge in [0.2, 0.25) is 15.9 Å². The van der Waals surface area contributed by atoms with Crippen molar-refractivity contribution in [3.63, 3.8) is 0 Å². The summed E-state index contributed by atoms with van der Waals surface area (Å²) >= 11 is 0. The van der Waals surface area contributed by atoms with Gasteiger partial charge in [0.05, 0.1) is 11.4 Å². The van der Waals surface area contributed by atoms with Gasteiger partial charge in [0.1, 0.15) is 0 Å². The van der Waals surface area contributed by atoms with Gasteiger partial charge in [-0.2, -0.15) is 4.31 Å². The standard InChI is InChI=1S/C23H31N5O4S/c1-3-28(4-2)33(31,32)21-11-7-19(8-12-21)16-26-23(30)25-15-18-5-9-20(10-6-18)27-14-13-24-22(29)17-27/h5-12H,3-4,13-17H2,1-2H3,(H,24,29)(H2,25,26,30). The Morgan fingerprint density at radius 2 is 1.52 bits per heavy atom. The molecule has 10 heteroatoms. The highest BCUT2D eigenvalue weighted by molar-refractivity contribution is 7.89. The minimum atomic E-state index is -3.49. The van der Waals surface area contributed by atoms with Crippen LogP contribution in [-0.4, -0.2) is 57.4 Å². The van der Waals surface area contributed by atoms with Gasteiger partial charge < -0.3 is 20.9 Å². The summed E-state index contributed by atoms with van der Waals surface area (Å²) < 4.78 is 26.5. The number of benzene rings is 2. The summed E-state index contributed by atoms with van der Waals surface area (Å²) in [6, 6.07) is 14.0. The van der Waals surface area contributed by atoms with Crippen molar-refractivity contribution in [3.8, 4) is 0 Å². The maximum Gasteiger partial charge on any atom is 0.315 e. The topological polar surface area (TPSA) is 111 Å². The summed E-state index contributed by atoms with van der Waals surface area (Å²) in [5.41, 5.74) is 2.73. The van der Waals surface area contributed by atoms with Crippen molar-refractivity contribution < 1.29 is 18.0 Å². The highest BCUT2D eigenvalue weighted by Crippen LogP contribution is 2.17. The van der Waals surface area contributed by atoms with E-state index in [1.807, 2.05) is 29.2 Å². The molecule has 9 nitrogen and oxygen atoms in total. The Balaban J connectivity index is 1.46. The second-order valence-electron chi connectivity index (χ2n) is 7.71. The number of nitrogens with one attached hydrogen (secondary N) is 3. The van der Waals surface area contributed by atoms with E-state index in [0.29, 0.717) is 32.7 Å². The second kappa shape index (κ2) is 11.2. The number of carbonyl (C=O) groups is 2. The molecule has 3 N–H and O–H groups in total. The lowest BCUT2D eigenvalue weighted by molar-refractivity contribution is -0.120. The lowest BCUT2D eigenvalue weighted by Gasteiger charge is -2.28. The van der Waals surface area contributed by atoms with Crippen molar-refractivity contribution in [2.75, 3.05) is 37.6 Å². The van der Waals surface area contributed by atoms with Crippen LogP contribution in [-0.2, 0) is 27.9 Å². The average molecular weight is 474 g/mol. The maximum atomic E-state index is 12.5. The molecule has 1 saturated heterocycles. The highest BCUT2D eigenvalue weighted by Gasteiger charge is 2.21. The molecule has 1 fully saturated rings. The van der Waals surface area contributed by atoms with E-state index in [1.165, 1.54) is 4.31 Å². The molecule has 0 radical (unpaired) electrons. The highest BCUT2D eigenvalue weighted by atomic mass is 32.2. The van der Waals surface area contributed by atoms with E-state index >= 15 is 0 Å². The van der Waals surface area contributed by atoms with Crippen LogP contribution in [0, 0.1) is 0 Å². The molecule has 0 aromatic heterocycles. The largest absolute Gasteiger partial charge is 0.360 e. The van der Waals surface area contributed by atoms with Gasteiger partial charge in [0.15, 0.2) is 0 Å². The lowest BCUT2D eigenvalue weighted by Crippen LogP contribution is -2.47. The van der Waals surface area contributed by atoms with Gasteiger partial charge in [-0.25, -0.2) is 13.2 Å². The van der Waals surface area contributed by atoms with E-state index in [0.717, 1.165) is 23.4 Å². The Kier molecular flexibility index (Phi) is 8.29. The van der Waals surface area contributed by atoms with Crippen molar-refractivity contribution in [2.45, 2.75) is 31.8 Å². The van der Waals surface area contributed by atoms with Gasteiger partial charge in [-0.3, -0.25) is 4.79 Å². The van der Waals surface area contributed by atoms with E-state index in [4.69, 9.17) is 0 Å². The Hall–Kier alpha value is -3.11. The fraction of sp³-hybridized carbons (Fsp3) is 0.391. The normalized spacial score (nSPS) is 14.2. The number of rotatable bonds is 9. The van der Waals surface area contributed by atoms with Gasteiger partial charge >= 0.3 is 6.03 Å². The van der Waals surface area contributed by atoms with Crippen molar-refractivity contribution in [3.05, 3.63) is 59.7 Å². The summed E-state index contributed by atoms with van der Waals surface area (Å²) in [6.45, 7) is 6.86. The Labute approximate surface area is 195 Å². The molecule has 2 aromatic carbocycles. The maximum absolute atomic E-state index is 12.5. The minimum absolute atomic E-state index is 0.0174. The zero-order chi connectivity index (χ0) is 23.8. The molecule has 33 heavy (non-hydrogen) atoms. The van der Waals surface area contributed by atoms with E-state index in [1.54, 1.807) is 38.1 Å². The Morgan fingerprint density at radius 3 is 2.03 bits per heavy atom. The zero-order valence-electron chi connectivity index (χ0n) is 19.0. The van der Waals surface area contributed by atoms with Crippen LogP contribution in [0.4, 0.5) is 10.5 Å². The summed E-state index contributed by atoms with van der Waals surface area (Å²) in [7, 11) is -3.49. The first-order chi connectivity index (χ1) is 15.8. The molecule has 0 spiro atoms. The summed E-state index contributed by atoms with van der Waals surface area (Å²) in [5, 5.41) is 8.39. The number of hydrogen-bond donors (Lipinski definition) is 3. The predicted octanol–water partition coefficient (Wildman–Crippen LogP) is 1.65. The smallest absolute Gasteiger partial charge is 0.315 e. The van der Waals surface area contributed by atoms with Crippen LogP contribution in [0.15, 0.2) is 53.4 Å². The predicted molar refractivity (Wildman–Crippen MR) is 127 cm³/mol. The number of hydrogen-bond acceptors (Lipinski definition) is 5. The molecule has 0 bridgehead atoms. The number of carbonyl (C=O) groups excluding carboxylic acids is 2. The van der Waals surface area contributed by atoms with E-state index in [-0.39, 0.29) is 23.4 Å². The van der Waals surface area contributed by atoms with Crippen molar-refractivity contribution in [1.29, 1.82) is 0 Å². The van der Waals surface area contributed by atoms with Crippen LogP contribution in [0.25, 0.3) is 0 Å². The molecule has 3 rings (SSSR count). The van der Waals surface area contributed by atoms with Crippen LogP contribution in [0.1, 0.15) is 25.0 Å². The molecule has 0 atom stereocenters. The Morgan fingerprint density at radius 1 is 0.970 bits per heavy atom. The van der Waals surface area contributed by atoms with E-state index in [2.05, 4.69) is 16.0 Å². The first-order valence-corrected chi connectivity index (χ1v) is 12.5. The van der Waals surface area contributed by atoms with Crippen LogP contribution in [0.5, 0.6) is 0 Å². The molecule has 1 heterocycles. The molecule has 178 valence electrons. The summed E-state index contributed by atoms with van der Waals surface area (Å²) in [5.74, 6) is 0.0174. The van der Waals surface area contributed by atoms with E-state index in [9.17, 15) is 18.0 Å². The number of sulfonamides is 1. The number of nitrogens with zero attached hydrogens (tertiary/aromatic N) is 2. The van der Waals surface area contributed by atoms with Gasteiger partial charge in [0.25, 0.3) is 0 Å². The molecule has 1 aliphatic rings. The minimum Gasteiger partial charge on any atom is -0.360 e. The van der Waals surface area contributed by atoms with Crippen molar-refractivity contribution in [1.82, 2.24) is 20.3 Å². The number of anilines is 1. The molecule has 2 aromatic rings. The van der Waals surface area contributed by atoms with Gasteiger partial charge in [-0.15, -0.1) is 0 Å². The second-order valence-corrected chi connectivity index (χ2v) is 9.65. The quantitative estimate of drug-likeness (QED) is 0.513. The first kappa shape index (κ1) is 24.5. The van der Waals surface area contributed by atoms with Gasteiger partial charge in [-0.1, -0.05) is 38.1 Å². The zero-order valence-corrected chi connectivity index (χ0v) is 19.8. The fourth-order valence-corrected chi connectivity index (χ4v) is 5.06. The molecule has 3 amide bonds. The van der Waals surface area contributed by atoms with Gasteiger partial charge in [0, 0.05) is 45.0 Å². The van der Waals surface area contributed by atoms with Crippen molar-refractivity contribution in [2.24, 2.45) is 0 Å². The molecule has 0 aliphatic carbocycles. The first-order valence-electron chi connectivity index (χ1n) is 11.0. The fourth-order valence-electron chi connectivity index (χ4n) is 3.60. The van der Waals surface area contributed by atoms with Crippen LogP contribution < -0.4 is 20.9 Å². The monoisotopic (exact) mass is 473 g/mol.